The molecule has 0 heterocycles. The van der Waals surface area contributed by atoms with Crippen LogP contribution in [0.5, 0.6) is 0 Å². The monoisotopic (exact) mass is 682 g/mol. The smallest absolute Gasteiger partial charge is 0.147 e. The molecule has 34 heavy (non-hydrogen) atoms. The third kappa shape index (κ3) is 4.44. The largest absolute Gasteiger partial charge is 0.147 e. The van der Waals surface area contributed by atoms with Gasteiger partial charge in [0.1, 0.15) is 0 Å². The van der Waals surface area contributed by atoms with E-state index in [2.05, 4.69) is 108 Å². The summed E-state index contributed by atoms with van der Waals surface area (Å²) in [5.41, 5.74) is 15.7. The molecule has 0 nitrogen and oxygen atoms in total. The van der Waals surface area contributed by atoms with E-state index in [9.17, 15) is 0 Å². The van der Waals surface area contributed by atoms with Gasteiger partial charge in [-0.15, -0.1) is 24.8 Å². The first kappa shape index (κ1) is 29.8. The molecule has 0 N–H and O–H groups in total. The van der Waals surface area contributed by atoms with Gasteiger partial charge in [0, 0.05) is 0 Å². The van der Waals surface area contributed by atoms with Gasteiger partial charge in [-0.05, 0) is 0 Å². The molecule has 0 amide bonds. The number of rotatable bonds is 4. The summed E-state index contributed by atoms with van der Waals surface area (Å²) in [5.74, 6) is 1.16. The quantitative estimate of drug-likeness (QED) is 0.283. The molecule has 4 rings (SSSR count). The zero-order valence-corrected chi connectivity index (χ0v) is 29.4. The van der Waals surface area contributed by atoms with Gasteiger partial charge in [0.15, 0.2) is 0 Å². The predicted octanol–water partition coefficient (Wildman–Crippen LogP) is 8.99. The second-order valence-electron chi connectivity index (χ2n) is 12.5. The number of aryl methyl sites for hydroxylation is 4. The van der Waals surface area contributed by atoms with Crippen molar-refractivity contribution in [3.05, 3.63) is 79.9 Å². The Labute approximate surface area is 223 Å². The van der Waals surface area contributed by atoms with Crippen molar-refractivity contribution in [1.82, 2.24) is 0 Å². The Kier molecular flexibility index (Phi) is 8.60. The van der Waals surface area contributed by atoms with Gasteiger partial charge in [0.05, 0.1) is 0 Å². The molecule has 0 spiro atoms. The van der Waals surface area contributed by atoms with Gasteiger partial charge in [0.25, 0.3) is 0 Å². The fraction of sp³-hybridized carbons (Fsp3) is 0.467. The summed E-state index contributed by atoms with van der Waals surface area (Å²) in [4.78, 5) is 0. The van der Waals surface area contributed by atoms with Crippen molar-refractivity contribution in [2.45, 2.75) is 72.1 Å². The van der Waals surface area contributed by atoms with Gasteiger partial charge < -0.3 is 0 Å². The molecule has 0 fully saturated rings. The van der Waals surface area contributed by atoms with E-state index < -0.39 is 17.1 Å². The molecule has 2 aromatic rings. The molecule has 0 radical (unpaired) electrons. The third-order valence-electron chi connectivity index (χ3n) is 8.54. The minimum atomic E-state index is -3.64. The van der Waals surface area contributed by atoms with Crippen LogP contribution in [0.25, 0.3) is 12.2 Å². The van der Waals surface area contributed by atoms with Gasteiger partial charge in [-0.2, -0.15) is 0 Å². The van der Waals surface area contributed by atoms with Gasteiger partial charge in [-0.25, -0.2) is 0 Å². The number of benzene rings is 2. The van der Waals surface area contributed by atoms with Crippen molar-refractivity contribution in [3.8, 4) is 0 Å². The molecule has 0 saturated carbocycles. The SMILES string of the molecule is Cc1ccc(C)c2c1C=C(C(C)C)[CH]2[Hf]([CH3])([CH3])(=[SiH2])[CH]1C(C(C)C)=Cc2c(C)ccc(C)c21.Cl.Cl. The van der Waals surface area contributed by atoms with Gasteiger partial charge in [-0.1, -0.05) is 0 Å². The number of fused-ring (bicyclic) bond motifs is 2. The normalized spacial score (nSPS) is 19.3. The maximum atomic E-state index is 2.80. The standard InChI is InChI=1S/2C14H17.2CH3.2ClH.Hf.H2Si/c2*1-9(2)12-7-13-10(3)5-6-11(4)14(13)8-12;;;;;;/h2*5-9H,1-4H3;2*1H3;2*1H;;1H2. The molecule has 0 bridgehead atoms. The van der Waals surface area contributed by atoms with Crippen LogP contribution < -0.4 is 0 Å². The average molecular weight is 682 g/mol. The van der Waals surface area contributed by atoms with Crippen LogP contribution in [0.4, 0.5) is 0 Å². The van der Waals surface area contributed by atoms with E-state index in [1.54, 1.807) is 22.3 Å². The Balaban J connectivity index is 0.00000204. The van der Waals surface area contributed by atoms with E-state index in [0.717, 1.165) is 0 Å². The fourth-order valence-corrected chi connectivity index (χ4v) is 35.7. The minimum absolute atomic E-state index is 0. The Morgan fingerprint density at radius 3 is 1.21 bits per heavy atom. The molecule has 186 valence electrons. The van der Waals surface area contributed by atoms with Crippen molar-refractivity contribution in [2.75, 3.05) is 0 Å². The van der Waals surface area contributed by atoms with Crippen molar-refractivity contribution in [2.24, 2.45) is 11.8 Å². The van der Waals surface area contributed by atoms with E-state index >= 15 is 0 Å². The number of hydrogen-bond acceptors (Lipinski definition) is 0. The van der Waals surface area contributed by atoms with E-state index in [-0.39, 0.29) is 24.8 Å². The van der Waals surface area contributed by atoms with Crippen molar-refractivity contribution in [1.29, 1.82) is 0 Å². The summed E-state index contributed by atoms with van der Waals surface area (Å²) in [7, 11) is 0. The zero-order chi connectivity index (χ0) is 23.8. The second-order valence-corrected chi connectivity index (χ2v) is 56.0. The molecule has 2 atom stereocenters. The van der Waals surface area contributed by atoms with Crippen LogP contribution in [0, 0.1) is 39.5 Å². The van der Waals surface area contributed by atoms with Crippen LogP contribution in [0.2, 0.25) is 9.36 Å². The van der Waals surface area contributed by atoms with E-state index in [1.807, 2.05) is 0 Å². The molecular weight excluding hydrogens is 638 g/mol. The summed E-state index contributed by atoms with van der Waals surface area (Å²) in [6.07, 6.45) is 5.20. The maximum Gasteiger partial charge on any atom is -0.147 e. The Morgan fingerprint density at radius 2 is 0.912 bits per heavy atom. The van der Waals surface area contributed by atoms with Crippen LogP contribution in [-0.4, -0.2) is 6.94 Å². The molecule has 0 aromatic heterocycles. The molecule has 2 aromatic carbocycles. The topological polar surface area (TPSA) is 0 Å². The third-order valence-corrected chi connectivity index (χ3v) is 33.3. The molecule has 2 aliphatic rings. The summed E-state index contributed by atoms with van der Waals surface area (Å²) in [5, 5.41) is 0. The van der Waals surface area contributed by atoms with Crippen LogP contribution in [0.1, 0.15) is 79.6 Å². The van der Waals surface area contributed by atoms with Gasteiger partial charge in [0.2, 0.25) is 0 Å². The predicted molar refractivity (Wildman–Crippen MR) is 158 cm³/mol. The molecule has 0 aliphatic heterocycles. The molecule has 2 aliphatic carbocycles. The summed E-state index contributed by atoms with van der Waals surface area (Å²) >= 11 is -3.64. The average Bonchev–Trinajstić information content (AvgIpc) is 3.30. The van der Waals surface area contributed by atoms with Crippen LogP contribution in [0.15, 0.2) is 35.4 Å². The molecule has 0 saturated heterocycles. The Bertz CT molecular complexity index is 1170. The zero-order valence-electron chi connectivity index (χ0n) is 22.8. The Hall–Kier alpha value is -0.413. The molecular formula is C30H44Cl2HfSi. The fourth-order valence-electron chi connectivity index (χ4n) is 6.90. The summed E-state index contributed by atoms with van der Waals surface area (Å²) in [6, 6.07) is 9.42. The molecule has 2 unspecified atom stereocenters. The second kappa shape index (κ2) is 9.80. The number of allylic oxidation sites excluding steroid dienone is 2. The Morgan fingerprint density at radius 1 is 0.618 bits per heavy atom. The summed E-state index contributed by atoms with van der Waals surface area (Å²) in [6.45, 7) is 21.5. The van der Waals surface area contributed by atoms with Gasteiger partial charge >= 0.3 is 200 Å². The minimum Gasteiger partial charge on any atom is -0.147 e. The van der Waals surface area contributed by atoms with Crippen LogP contribution >= 0.6 is 24.8 Å². The van der Waals surface area contributed by atoms with Crippen LogP contribution in [-0.2, 0) is 17.1 Å². The van der Waals surface area contributed by atoms with E-state index in [1.165, 1.54) is 33.4 Å². The van der Waals surface area contributed by atoms with E-state index in [4.69, 9.17) is 0 Å². The van der Waals surface area contributed by atoms with Gasteiger partial charge in [-0.3, -0.25) is 0 Å². The van der Waals surface area contributed by atoms with Crippen LogP contribution in [0.3, 0.4) is 0 Å². The maximum absolute atomic E-state index is 3.64. The first-order valence-electron chi connectivity index (χ1n) is 12.4. The summed E-state index contributed by atoms with van der Waals surface area (Å²) < 4.78 is 6.84. The van der Waals surface area contributed by atoms with Crippen molar-refractivity contribution < 1.29 is 17.1 Å². The first-order chi connectivity index (χ1) is 14.7. The van der Waals surface area contributed by atoms with Crippen molar-refractivity contribution in [3.63, 3.8) is 0 Å². The number of halogens is 2. The number of hydrogen-bond donors (Lipinski definition) is 0. The first-order valence-corrected chi connectivity index (χ1v) is 32.1. The molecule has 4 heteroatoms. The van der Waals surface area contributed by atoms with E-state index in [0.29, 0.717) is 19.2 Å². The van der Waals surface area contributed by atoms with Crippen molar-refractivity contribution >= 4 is 43.9 Å².